The second-order valence-corrected chi connectivity index (χ2v) is 3.43. The predicted molar refractivity (Wildman–Crippen MR) is 51.8 cm³/mol. The fraction of sp³-hybridized carbons (Fsp3) is 0.222. The van der Waals surface area contributed by atoms with Crippen molar-refractivity contribution in [3.63, 3.8) is 0 Å². The van der Waals surface area contributed by atoms with E-state index in [1.807, 2.05) is 4.98 Å². The molecule has 0 amide bonds. The molecule has 0 bridgehead atoms. The normalized spacial score (nSPS) is 11.8. The Morgan fingerprint density at radius 2 is 2.11 bits per heavy atom. The van der Waals surface area contributed by atoms with Crippen molar-refractivity contribution in [2.75, 3.05) is 0 Å². The smallest absolute Gasteiger partial charge is 0.426 e. The van der Waals surface area contributed by atoms with Gasteiger partial charge in [-0.1, -0.05) is 5.16 Å². The predicted octanol–water partition coefficient (Wildman–Crippen LogP) is 1.46. The molecule has 2 rings (SSSR count). The maximum absolute atomic E-state index is 12.4. The van der Waals surface area contributed by atoms with Crippen LogP contribution >= 0.6 is 0 Å². The number of hydrogen-bond donors (Lipinski definition) is 2. The summed E-state index contributed by atoms with van der Waals surface area (Å²) in [4.78, 5) is 16.4. The molecule has 96 valence electrons. The van der Waals surface area contributed by atoms with Gasteiger partial charge in [-0.3, -0.25) is 4.79 Å². The third-order valence-electron chi connectivity index (χ3n) is 2.05. The molecule has 0 spiro atoms. The Hall–Kier alpha value is -2.32. The summed E-state index contributed by atoms with van der Waals surface area (Å²) in [5.41, 5.74) is -3.22. The number of aromatic amines is 1. The van der Waals surface area contributed by atoms with Gasteiger partial charge in [0.15, 0.2) is 11.4 Å². The van der Waals surface area contributed by atoms with Gasteiger partial charge in [0.25, 0.3) is 5.56 Å². The highest BCUT2D eigenvalue weighted by Gasteiger charge is 2.38. The van der Waals surface area contributed by atoms with Crippen molar-refractivity contribution < 1.29 is 22.8 Å². The summed E-state index contributed by atoms with van der Waals surface area (Å²) in [7, 11) is 0. The Balaban J connectivity index is 2.60. The average Bonchev–Trinajstić information content (AvgIpc) is 2.61. The van der Waals surface area contributed by atoms with Crippen LogP contribution in [-0.2, 0) is 6.18 Å². The van der Waals surface area contributed by atoms with Crippen LogP contribution in [0.5, 0.6) is 5.88 Å². The quantitative estimate of drug-likeness (QED) is 0.810. The molecule has 0 aliphatic carbocycles. The zero-order chi connectivity index (χ0) is 13.5. The van der Waals surface area contributed by atoms with Crippen molar-refractivity contribution in [3.05, 3.63) is 27.7 Å². The first-order valence-corrected chi connectivity index (χ1v) is 4.63. The molecular formula is C9H6F3N3O3. The zero-order valence-electron chi connectivity index (χ0n) is 8.87. The van der Waals surface area contributed by atoms with E-state index in [4.69, 9.17) is 5.11 Å². The first-order chi connectivity index (χ1) is 8.29. The summed E-state index contributed by atoms with van der Waals surface area (Å²) in [5.74, 6) is -1.32. The molecule has 0 aliphatic rings. The van der Waals surface area contributed by atoms with Gasteiger partial charge in [0.05, 0.1) is 0 Å². The minimum absolute atomic E-state index is 0.0219. The van der Waals surface area contributed by atoms with E-state index in [-0.39, 0.29) is 11.5 Å². The van der Waals surface area contributed by atoms with Crippen LogP contribution in [0.3, 0.4) is 0 Å². The van der Waals surface area contributed by atoms with E-state index in [0.717, 1.165) is 0 Å². The number of H-pyrrole nitrogens is 1. The summed E-state index contributed by atoms with van der Waals surface area (Å²) in [6.45, 7) is 1.55. The molecule has 18 heavy (non-hydrogen) atoms. The molecular weight excluding hydrogens is 255 g/mol. The van der Waals surface area contributed by atoms with Gasteiger partial charge in [-0.25, -0.2) is 0 Å². The van der Waals surface area contributed by atoms with Crippen molar-refractivity contribution >= 4 is 0 Å². The molecule has 2 heterocycles. The Bertz CT molecular complexity index is 644. The molecule has 0 saturated heterocycles. The second kappa shape index (κ2) is 3.86. The van der Waals surface area contributed by atoms with Crippen molar-refractivity contribution in [3.8, 4) is 17.4 Å². The van der Waals surface area contributed by atoms with E-state index in [1.165, 1.54) is 6.07 Å². The fourth-order valence-corrected chi connectivity index (χ4v) is 1.32. The largest absolute Gasteiger partial charge is 0.493 e. The zero-order valence-corrected chi connectivity index (χ0v) is 8.87. The van der Waals surface area contributed by atoms with Crippen LogP contribution in [0.15, 0.2) is 15.4 Å². The maximum atomic E-state index is 12.4. The van der Waals surface area contributed by atoms with Crippen LogP contribution < -0.4 is 5.56 Å². The van der Waals surface area contributed by atoms with Crippen LogP contribution in [0.2, 0.25) is 0 Å². The number of alkyl halides is 3. The van der Waals surface area contributed by atoms with Crippen molar-refractivity contribution in [2.24, 2.45) is 0 Å². The fourth-order valence-electron chi connectivity index (χ4n) is 1.32. The van der Waals surface area contributed by atoms with Crippen LogP contribution in [0, 0.1) is 6.92 Å². The molecule has 6 nitrogen and oxygen atoms in total. The van der Waals surface area contributed by atoms with Gasteiger partial charge in [0, 0.05) is 6.07 Å². The van der Waals surface area contributed by atoms with E-state index in [0.29, 0.717) is 5.76 Å². The van der Waals surface area contributed by atoms with Crippen molar-refractivity contribution in [2.45, 2.75) is 13.1 Å². The molecule has 2 aromatic heterocycles. The van der Waals surface area contributed by atoms with Gasteiger partial charge in [0.2, 0.25) is 5.88 Å². The SMILES string of the molecule is Cc1cc(-c2nc(O)c(C(F)(F)F)c(=O)[nH]2)no1. The lowest BCUT2D eigenvalue weighted by Gasteiger charge is -2.07. The van der Waals surface area contributed by atoms with Gasteiger partial charge in [-0.05, 0) is 6.92 Å². The summed E-state index contributed by atoms with van der Waals surface area (Å²) in [6.07, 6.45) is -4.98. The molecule has 0 unspecified atom stereocenters. The molecule has 0 aliphatic heterocycles. The van der Waals surface area contributed by atoms with Crippen LogP contribution in [0.4, 0.5) is 13.2 Å². The highest BCUT2D eigenvalue weighted by Crippen LogP contribution is 2.32. The van der Waals surface area contributed by atoms with Gasteiger partial charge < -0.3 is 14.6 Å². The van der Waals surface area contributed by atoms with Crippen LogP contribution in [0.25, 0.3) is 11.5 Å². The molecule has 2 N–H and O–H groups in total. The van der Waals surface area contributed by atoms with E-state index in [1.54, 1.807) is 6.92 Å². The number of aromatic nitrogens is 3. The molecule has 0 saturated carbocycles. The van der Waals surface area contributed by atoms with Crippen LogP contribution in [-0.4, -0.2) is 20.2 Å². The van der Waals surface area contributed by atoms with Gasteiger partial charge in [-0.15, -0.1) is 0 Å². The van der Waals surface area contributed by atoms with Gasteiger partial charge in [0.1, 0.15) is 11.5 Å². The van der Waals surface area contributed by atoms with E-state index >= 15 is 0 Å². The second-order valence-electron chi connectivity index (χ2n) is 3.43. The molecule has 2 aromatic rings. The lowest BCUT2D eigenvalue weighted by Crippen LogP contribution is -2.23. The average molecular weight is 261 g/mol. The first-order valence-electron chi connectivity index (χ1n) is 4.63. The number of nitrogens with zero attached hydrogens (tertiary/aromatic N) is 2. The number of rotatable bonds is 1. The molecule has 9 heteroatoms. The lowest BCUT2D eigenvalue weighted by atomic mass is 10.3. The Morgan fingerprint density at radius 1 is 1.44 bits per heavy atom. The molecule has 0 aromatic carbocycles. The third kappa shape index (κ3) is 2.06. The van der Waals surface area contributed by atoms with Crippen molar-refractivity contribution in [1.82, 2.24) is 15.1 Å². The molecule has 0 radical (unpaired) electrons. The number of hydrogen-bond acceptors (Lipinski definition) is 5. The topological polar surface area (TPSA) is 92.0 Å². The molecule has 0 atom stereocenters. The highest BCUT2D eigenvalue weighted by atomic mass is 19.4. The summed E-state index contributed by atoms with van der Waals surface area (Å²) >= 11 is 0. The third-order valence-corrected chi connectivity index (χ3v) is 2.05. The van der Waals surface area contributed by atoms with Gasteiger partial charge in [-0.2, -0.15) is 18.2 Å². The Kier molecular flexibility index (Phi) is 2.60. The Labute approximate surface area is 97.1 Å². The van der Waals surface area contributed by atoms with E-state index in [2.05, 4.69) is 14.7 Å². The van der Waals surface area contributed by atoms with E-state index < -0.39 is 23.2 Å². The summed E-state index contributed by atoms with van der Waals surface area (Å²) in [6, 6.07) is 1.35. The summed E-state index contributed by atoms with van der Waals surface area (Å²) < 4.78 is 41.9. The lowest BCUT2D eigenvalue weighted by molar-refractivity contribution is -0.140. The minimum Gasteiger partial charge on any atom is -0.493 e. The van der Waals surface area contributed by atoms with Crippen LogP contribution in [0.1, 0.15) is 11.3 Å². The first kappa shape index (κ1) is 12.1. The van der Waals surface area contributed by atoms with Crippen molar-refractivity contribution in [1.29, 1.82) is 0 Å². The Morgan fingerprint density at radius 3 is 2.56 bits per heavy atom. The number of aromatic hydroxyl groups is 1. The minimum atomic E-state index is -4.98. The molecule has 0 fully saturated rings. The van der Waals surface area contributed by atoms with E-state index in [9.17, 15) is 18.0 Å². The number of aryl methyl sites for hydroxylation is 1. The standard InChI is InChI=1S/C9H6F3N3O3/c1-3-2-4(15-18-3)6-13-7(16)5(8(17)14-6)9(10,11)12/h2H,1H3,(H2,13,14,16,17). The number of nitrogens with one attached hydrogen (secondary N) is 1. The highest BCUT2D eigenvalue weighted by molar-refractivity contribution is 5.49. The van der Waals surface area contributed by atoms with Gasteiger partial charge >= 0.3 is 6.18 Å². The summed E-state index contributed by atoms with van der Waals surface area (Å²) in [5, 5.41) is 12.6. The maximum Gasteiger partial charge on any atom is 0.426 e. The monoisotopic (exact) mass is 261 g/mol. The number of halogens is 3.